The van der Waals surface area contributed by atoms with Crippen LogP contribution in [0, 0.1) is 12.7 Å². The Morgan fingerprint density at radius 2 is 2.04 bits per heavy atom. The third-order valence-electron chi connectivity index (χ3n) is 4.06. The Hall–Kier alpha value is -2.70. The van der Waals surface area contributed by atoms with E-state index < -0.39 is 11.7 Å². The van der Waals surface area contributed by atoms with Crippen molar-refractivity contribution in [3.05, 3.63) is 69.9 Å². The van der Waals surface area contributed by atoms with Crippen LogP contribution in [0.1, 0.15) is 16.1 Å². The number of carbonyl (C=O) groups excluding carboxylic acids is 1. The summed E-state index contributed by atoms with van der Waals surface area (Å²) >= 11 is 7.22. The van der Waals surface area contributed by atoms with Gasteiger partial charge in [0.1, 0.15) is 5.82 Å². The first kappa shape index (κ1) is 16.8. The van der Waals surface area contributed by atoms with Crippen LogP contribution in [0.3, 0.4) is 0 Å². The number of thiazole rings is 1. The van der Waals surface area contributed by atoms with Crippen LogP contribution in [-0.4, -0.2) is 15.9 Å². The van der Waals surface area contributed by atoms with Crippen molar-refractivity contribution >= 4 is 44.9 Å². The zero-order valence-electron chi connectivity index (χ0n) is 13.6. The summed E-state index contributed by atoms with van der Waals surface area (Å²) in [6, 6.07) is 12.1. The van der Waals surface area contributed by atoms with E-state index in [2.05, 4.69) is 15.3 Å². The van der Waals surface area contributed by atoms with Gasteiger partial charge in [0.15, 0.2) is 5.13 Å². The number of aromatic nitrogens is 2. The Morgan fingerprint density at radius 3 is 2.85 bits per heavy atom. The number of para-hydroxylation sites is 1. The summed E-state index contributed by atoms with van der Waals surface area (Å²) in [5, 5.41) is 5.99. The highest BCUT2D eigenvalue weighted by Gasteiger charge is 2.18. The molecule has 4 aromatic rings. The van der Waals surface area contributed by atoms with Crippen LogP contribution in [-0.2, 0) is 0 Å². The maximum absolute atomic E-state index is 13.9. The highest BCUT2D eigenvalue weighted by Crippen LogP contribution is 2.34. The van der Waals surface area contributed by atoms with Gasteiger partial charge in [-0.3, -0.25) is 10.1 Å². The van der Waals surface area contributed by atoms with Crippen LogP contribution < -0.4 is 5.32 Å². The van der Waals surface area contributed by atoms with Crippen molar-refractivity contribution in [2.75, 3.05) is 5.32 Å². The number of halogens is 2. The molecular formula is C19H13ClFN3OS. The molecule has 7 heteroatoms. The van der Waals surface area contributed by atoms with Gasteiger partial charge in [-0.2, -0.15) is 0 Å². The summed E-state index contributed by atoms with van der Waals surface area (Å²) in [7, 11) is 0. The second kappa shape index (κ2) is 6.55. The highest BCUT2D eigenvalue weighted by molar-refractivity contribution is 7.14. The summed E-state index contributed by atoms with van der Waals surface area (Å²) in [6.07, 6.45) is 0. The molecule has 130 valence electrons. The summed E-state index contributed by atoms with van der Waals surface area (Å²) in [6.45, 7) is 1.98. The zero-order chi connectivity index (χ0) is 18.3. The lowest BCUT2D eigenvalue weighted by molar-refractivity contribution is 0.102. The first-order valence-electron chi connectivity index (χ1n) is 7.83. The highest BCUT2D eigenvalue weighted by atomic mass is 35.5. The fourth-order valence-corrected chi connectivity index (χ4v) is 3.87. The third-order valence-corrected chi connectivity index (χ3v) is 5.14. The molecule has 0 aliphatic rings. The largest absolute Gasteiger partial charge is 0.358 e. The average molecular weight is 386 g/mol. The maximum Gasteiger partial charge on any atom is 0.261 e. The SMILES string of the molecule is Cc1[nH]c2ccccc2c1-c1csc(NC(=O)c2c(F)cccc2Cl)n1. The molecule has 0 fully saturated rings. The number of nitrogens with zero attached hydrogens (tertiary/aromatic N) is 1. The second-order valence-corrected chi connectivity index (χ2v) is 7.02. The predicted octanol–water partition coefficient (Wildman–Crippen LogP) is 5.64. The molecule has 0 bridgehead atoms. The van der Waals surface area contributed by atoms with Gasteiger partial charge in [0.2, 0.25) is 0 Å². The van der Waals surface area contributed by atoms with Crippen LogP contribution in [0.5, 0.6) is 0 Å². The first-order chi connectivity index (χ1) is 12.5. The van der Waals surface area contributed by atoms with Crippen LogP contribution in [0.15, 0.2) is 47.8 Å². The van der Waals surface area contributed by atoms with Gasteiger partial charge < -0.3 is 4.98 Å². The molecule has 0 atom stereocenters. The van der Waals surface area contributed by atoms with E-state index in [1.54, 1.807) is 0 Å². The van der Waals surface area contributed by atoms with Gasteiger partial charge in [0.25, 0.3) is 5.91 Å². The molecule has 2 heterocycles. The smallest absolute Gasteiger partial charge is 0.261 e. The van der Waals surface area contributed by atoms with E-state index in [1.807, 2.05) is 36.6 Å². The Balaban J connectivity index is 1.66. The molecule has 0 radical (unpaired) electrons. The van der Waals surface area contributed by atoms with Crippen molar-refractivity contribution in [2.24, 2.45) is 0 Å². The maximum atomic E-state index is 13.9. The van der Waals surface area contributed by atoms with Gasteiger partial charge >= 0.3 is 0 Å². The van der Waals surface area contributed by atoms with Gasteiger partial charge in [-0.25, -0.2) is 9.37 Å². The van der Waals surface area contributed by atoms with Crippen LogP contribution in [0.2, 0.25) is 5.02 Å². The van der Waals surface area contributed by atoms with Crippen molar-refractivity contribution in [1.82, 2.24) is 9.97 Å². The summed E-state index contributed by atoms with van der Waals surface area (Å²) < 4.78 is 13.9. The number of amides is 1. The minimum atomic E-state index is -0.667. The van der Waals surface area contributed by atoms with Gasteiger partial charge in [0, 0.05) is 27.5 Å². The molecule has 0 aliphatic carbocycles. The van der Waals surface area contributed by atoms with E-state index in [0.717, 1.165) is 27.9 Å². The molecule has 2 N–H and O–H groups in total. The molecular weight excluding hydrogens is 373 g/mol. The van der Waals surface area contributed by atoms with Crippen molar-refractivity contribution in [3.8, 4) is 11.3 Å². The first-order valence-corrected chi connectivity index (χ1v) is 9.09. The molecule has 1 amide bonds. The zero-order valence-corrected chi connectivity index (χ0v) is 15.2. The van der Waals surface area contributed by atoms with Gasteiger partial charge in [-0.15, -0.1) is 11.3 Å². The minimum absolute atomic E-state index is 0.0618. The van der Waals surface area contributed by atoms with Crippen LogP contribution in [0.25, 0.3) is 22.2 Å². The summed E-state index contributed by atoms with van der Waals surface area (Å²) in [5.74, 6) is -1.29. The normalized spacial score (nSPS) is 11.0. The van der Waals surface area contributed by atoms with E-state index in [0.29, 0.717) is 5.13 Å². The average Bonchev–Trinajstić information content (AvgIpc) is 3.17. The molecule has 26 heavy (non-hydrogen) atoms. The number of aryl methyl sites for hydroxylation is 1. The number of benzene rings is 2. The number of rotatable bonds is 3. The fraction of sp³-hybridized carbons (Fsp3) is 0.0526. The number of fused-ring (bicyclic) bond motifs is 1. The Kier molecular flexibility index (Phi) is 4.22. The van der Waals surface area contributed by atoms with E-state index in [-0.39, 0.29) is 10.6 Å². The van der Waals surface area contributed by atoms with Crippen molar-refractivity contribution in [2.45, 2.75) is 6.92 Å². The summed E-state index contributed by atoms with van der Waals surface area (Å²) in [5.41, 5.74) is 3.57. The van der Waals surface area contributed by atoms with E-state index in [1.165, 1.54) is 29.5 Å². The number of carbonyl (C=O) groups is 1. The minimum Gasteiger partial charge on any atom is -0.358 e. The predicted molar refractivity (Wildman–Crippen MR) is 104 cm³/mol. The number of hydrogen-bond donors (Lipinski definition) is 2. The summed E-state index contributed by atoms with van der Waals surface area (Å²) in [4.78, 5) is 20.2. The monoisotopic (exact) mass is 385 g/mol. The number of aromatic amines is 1. The topological polar surface area (TPSA) is 57.8 Å². The number of anilines is 1. The lowest BCUT2D eigenvalue weighted by Gasteiger charge is -2.05. The molecule has 2 aromatic heterocycles. The number of H-pyrrole nitrogens is 1. The van der Waals surface area contributed by atoms with Crippen molar-refractivity contribution < 1.29 is 9.18 Å². The lowest BCUT2D eigenvalue weighted by Crippen LogP contribution is -2.14. The molecule has 0 saturated heterocycles. The fourth-order valence-electron chi connectivity index (χ4n) is 2.93. The van der Waals surface area contributed by atoms with Crippen LogP contribution >= 0.6 is 22.9 Å². The van der Waals surface area contributed by atoms with E-state index in [9.17, 15) is 9.18 Å². The molecule has 2 aromatic carbocycles. The van der Waals surface area contributed by atoms with Crippen molar-refractivity contribution in [3.63, 3.8) is 0 Å². The standard InChI is InChI=1S/C19H13ClFN3OS/c1-10-16(11-5-2-3-8-14(11)22-10)15-9-26-19(23-15)24-18(25)17-12(20)6-4-7-13(17)21/h2-9,22H,1H3,(H,23,24,25). The molecule has 0 spiro atoms. The Bertz CT molecular complexity index is 1110. The van der Waals surface area contributed by atoms with Gasteiger partial charge in [0.05, 0.1) is 16.3 Å². The molecule has 4 nitrogen and oxygen atoms in total. The van der Waals surface area contributed by atoms with Crippen molar-refractivity contribution in [1.29, 1.82) is 0 Å². The van der Waals surface area contributed by atoms with E-state index in [4.69, 9.17) is 11.6 Å². The van der Waals surface area contributed by atoms with Gasteiger partial charge in [-0.1, -0.05) is 35.9 Å². The number of nitrogens with one attached hydrogen (secondary N) is 2. The molecule has 4 rings (SSSR count). The molecule has 0 unspecified atom stereocenters. The number of hydrogen-bond acceptors (Lipinski definition) is 3. The van der Waals surface area contributed by atoms with Gasteiger partial charge in [-0.05, 0) is 25.1 Å². The third kappa shape index (κ3) is 2.87. The quantitative estimate of drug-likeness (QED) is 0.479. The second-order valence-electron chi connectivity index (χ2n) is 5.76. The van der Waals surface area contributed by atoms with E-state index >= 15 is 0 Å². The molecule has 0 saturated carbocycles. The Labute approximate surface area is 157 Å². The van der Waals surface area contributed by atoms with Crippen LogP contribution in [0.4, 0.5) is 9.52 Å². The Morgan fingerprint density at radius 1 is 1.23 bits per heavy atom. The molecule has 0 aliphatic heterocycles. The lowest BCUT2D eigenvalue weighted by atomic mass is 10.1.